The van der Waals surface area contributed by atoms with E-state index in [1.165, 1.54) is 4.90 Å². The number of ketones is 1. The van der Waals surface area contributed by atoms with Gasteiger partial charge in [0.05, 0.1) is 23.8 Å². The second-order valence-corrected chi connectivity index (χ2v) is 15.2. The molecule has 0 aliphatic rings. The van der Waals surface area contributed by atoms with E-state index in [0.29, 0.717) is 31.6 Å². The molecule has 2 aromatic carbocycles. The molecule has 1 aromatic heterocycles. The Morgan fingerprint density at radius 1 is 0.966 bits per heavy atom. The Morgan fingerprint density at radius 3 is 2.14 bits per heavy atom. The minimum atomic E-state index is -5.08. The zero-order valence-electron chi connectivity index (χ0n) is 33.7. The van der Waals surface area contributed by atoms with Gasteiger partial charge in [-0.15, -0.1) is 0 Å². The van der Waals surface area contributed by atoms with Crippen molar-refractivity contribution in [3.63, 3.8) is 0 Å². The van der Waals surface area contributed by atoms with Crippen LogP contribution in [0.3, 0.4) is 0 Å². The molecular formula is C40H54F5N7O7. The Labute approximate surface area is 339 Å². The first-order valence-electron chi connectivity index (χ1n) is 18.9. The molecule has 8 N–H and O–H groups in total. The van der Waals surface area contributed by atoms with Crippen LogP contribution >= 0.6 is 0 Å². The molecule has 326 valence electrons. The van der Waals surface area contributed by atoms with Gasteiger partial charge in [-0.1, -0.05) is 65.0 Å². The molecule has 19 heteroatoms. The molecule has 14 nitrogen and oxygen atoms in total. The van der Waals surface area contributed by atoms with E-state index < -0.39 is 71.8 Å². The Hall–Kier alpha value is -5.43. The van der Waals surface area contributed by atoms with E-state index >= 15 is 0 Å². The number of aliphatic hydroxyl groups is 1. The molecule has 3 rings (SSSR count). The molecule has 0 bridgehead atoms. The minimum absolute atomic E-state index is 0.0272. The zero-order chi connectivity index (χ0) is 44.7. The number of hydrogen-bond acceptors (Lipinski definition) is 8. The van der Waals surface area contributed by atoms with Crippen LogP contribution in [0, 0.1) is 23.0 Å². The van der Waals surface area contributed by atoms with Crippen LogP contribution in [0.25, 0.3) is 11.3 Å². The summed E-state index contributed by atoms with van der Waals surface area (Å²) in [6, 6.07) is 9.59. The molecule has 0 saturated carbocycles. The topological polar surface area (TPSA) is 223 Å². The highest BCUT2D eigenvalue weighted by molar-refractivity contribution is 5.90. The van der Waals surface area contributed by atoms with E-state index in [1.54, 1.807) is 20.0 Å². The number of nitrogens with two attached hydrogens (primary N) is 2. The number of benzene rings is 2. The maximum absolute atomic E-state index is 15.0. The Bertz CT molecular complexity index is 1870. The molecule has 0 saturated heterocycles. The molecule has 0 aliphatic carbocycles. The van der Waals surface area contributed by atoms with Crippen molar-refractivity contribution in [2.24, 2.45) is 22.8 Å². The third kappa shape index (κ3) is 16.0. The number of urea groups is 1. The SMILES string of the molecule is CC(C)[C@H](N)C(=O)N[C@@H](CCCNC(N)=O)C(=O)CCCCN(C(=O)CO)[C@@H](c1nc(-c2cc(F)ccc2F)cn1Cc1ccccc1)C(C)(C)C.O=C(O)C(F)(F)F. The Morgan fingerprint density at radius 2 is 1.59 bits per heavy atom. The fourth-order valence-corrected chi connectivity index (χ4v) is 6.02. The van der Waals surface area contributed by atoms with E-state index in [9.17, 15) is 46.2 Å². The number of unbranched alkanes of at least 4 members (excludes halogenated alkanes) is 1. The summed E-state index contributed by atoms with van der Waals surface area (Å²) in [6.45, 7) is 9.29. The molecule has 1 heterocycles. The fourth-order valence-electron chi connectivity index (χ4n) is 6.02. The van der Waals surface area contributed by atoms with E-state index in [4.69, 9.17) is 26.4 Å². The van der Waals surface area contributed by atoms with Crippen molar-refractivity contribution in [3.05, 3.63) is 77.8 Å². The molecule has 3 aromatic rings. The molecule has 4 amide bonds. The van der Waals surface area contributed by atoms with Crippen molar-refractivity contribution < 1.29 is 56.1 Å². The van der Waals surface area contributed by atoms with Crippen LogP contribution in [-0.2, 0) is 25.7 Å². The maximum Gasteiger partial charge on any atom is 0.490 e. The van der Waals surface area contributed by atoms with Gasteiger partial charge in [0, 0.05) is 37.8 Å². The van der Waals surface area contributed by atoms with Gasteiger partial charge in [-0.05, 0) is 60.8 Å². The van der Waals surface area contributed by atoms with Crippen molar-refractivity contribution in [3.8, 4) is 11.3 Å². The number of imidazole rings is 1. The summed E-state index contributed by atoms with van der Waals surface area (Å²) >= 11 is 0. The number of hydrogen-bond donors (Lipinski definition) is 6. The summed E-state index contributed by atoms with van der Waals surface area (Å²) in [4.78, 5) is 65.9. The standard InChI is InChI=1S/C38H53F2N7O5.C2HF3O2/c1-24(2)33(41)36(51)45-29(14-11-18-43-37(42)52)31(49)15-9-10-19-47(32(50)23-48)34(38(3,4)5)35-44-30(27-20-26(39)16-17-28(27)40)22-46(35)21-25-12-7-6-8-13-25;3-2(4,5)1(6)7/h6-8,12-13,16-17,20,22,24,29,33-34,48H,9-11,14-15,18-19,21,23,41H2,1-5H3,(H,45,51)(H3,42,43,52);(H,6,7)/t29-,33-,34-;/m0./s1. The summed E-state index contributed by atoms with van der Waals surface area (Å²) in [5, 5.41) is 22.5. The number of carboxylic acids is 1. The zero-order valence-corrected chi connectivity index (χ0v) is 33.7. The Balaban J connectivity index is 0.00000157. The number of amides is 4. The van der Waals surface area contributed by atoms with Crippen molar-refractivity contribution in [2.45, 2.75) is 97.6 Å². The quantitative estimate of drug-likeness (QED) is 0.0699. The average molecular weight is 840 g/mol. The molecule has 0 unspecified atom stereocenters. The van der Waals surface area contributed by atoms with Gasteiger partial charge in [-0.2, -0.15) is 13.2 Å². The van der Waals surface area contributed by atoms with Crippen LogP contribution < -0.4 is 22.1 Å². The number of aliphatic hydroxyl groups excluding tert-OH is 1. The highest BCUT2D eigenvalue weighted by Crippen LogP contribution is 2.39. The largest absolute Gasteiger partial charge is 0.490 e. The lowest BCUT2D eigenvalue weighted by atomic mass is 9.84. The van der Waals surface area contributed by atoms with Crippen LogP contribution in [0.4, 0.5) is 26.7 Å². The van der Waals surface area contributed by atoms with E-state index in [-0.39, 0.29) is 48.9 Å². The summed E-state index contributed by atoms with van der Waals surface area (Å²) in [6.07, 6.45) is -2.00. The average Bonchev–Trinajstić information content (AvgIpc) is 3.55. The van der Waals surface area contributed by atoms with Crippen molar-refractivity contribution >= 4 is 29.6 Å². The maximum atomic E-state index is 15.0. The number of aliphatic carboxylic acids is 1. The fraction of sp³-hybridized carbons (Fsp3) is 0.500. The van der Waals surface area contributed by atoms with Gasteiger partial charge >= 0.3 is 18.2 Å². The van der Waals surface area contributed by atoms with Gasteiger partial charge in [-0.25, -0.2) is 23.4 Å². The summed E-state index contributed by atoms with van der Waals surface area (Å²) in [5.74, 6) is -5.00. The minimum Gasteiger partial charge on any atom is -0.475 e. The Kier molecular flexibility index (Phi) is 19.1. The van der Waals surface area contributed by atoms with Gasteiger partial charge < -0.3 is 41.8 Å². The number of primary amides is 1. The van der Waals surface area contributed by atoms with Crippen molar-refractivity contribution in [2.75, 3.05) is 19.7 Å². The van der Waals surface area contributed by atoms with Gasteiger partial charge in [-0.3, -0.25) is 14.4 Å². The van der Waals surface area contributed by atoms with Crippen molar-refractivity contribution in [1.29, 1.82) is 0 Å². The number of nitrogens with one attached hydrogen (secondary N) is 2. The molecular weight excluding hydrogens is 785 g/mol. The number of carbonyl (C=O) groups is 5. The lowest BCUT2D eigenvalue weighted by Crippen LogP contribution is -2.50. The number of halogens is 5. The molecule has 0 spiro atoms. The van der Waals surface area contributed by atoms with Gasteiger partial charge in [0.25, 0.3) is 0 Å². The van der Waals surface area contributed by atoms with E-state index in [1.807, 2.05) is 55.7 Å². The number of carboxylic acid groups (broad SMARTS) is 1. The first kappa shape index (κ1) is 49.7. The third-order valence-corrected chi connectivity index (χ3v) is 9.05. The molecule has 0 radical (unpaired) electrons. The van der Waals surface area contributed by atoms with Crippen LogP contribution in [0.5, 0.6) is 0 Å². The second-order valence-electron chi connectivity index (χ2n) is 15.2. The molecule has 0 fully saturated rings. The number of Topliss-reactive ketones (excluding diaryl/α,β-unsaturated/α-hetero) is 1. The van der Waals surface area contributed by atoms with Gasteiger partial charge in [0.15, 0.2) is 5.78 Å². The molecule has 3 atom stereocenters. The highest BCUT2D eigenvalue weighted by Gasteiger charge is 2.39. The van der Waals surface area contributed by atoms with Crippen LogP contribution in [-0.4, -0.2) is 92.2 Å². The monoisotopic (exact) mass is 839 g/mol. The second kappa shape index (κ2) is 22.6. The number of alkyl halides is 3. The van der Waals surface area contributed by atoms with Crippen LogP contribution in [0.15, 0.2) is 54.7 Å². The van der Waals surface area contributed by atoms with Crippen LogP contribution in [0.2, 0.25) is 0 Å². The summed E-state index contributed by atoms with van der Waals surface area (Å²) in [7, 11) is 0. The van der Waals surface area contributed by atoms with Gasteiger partial charge in [0.1, 0.15) is 24.1 Å². The normalized spacial score (nSPS) is 13.1. The predicted octanol–water partition coefficient (Wildman–Crippen LogP) is 5.07. The lowest BCUT2D eigenvalue weighted by Gasteiger charge is -2.40. The first-order chi connectivity index (χ1) is 27.5. The smallest absolute Gasteiger partial charge is 0.475 e. The van der Waals surface area contributed by atoms with Gasteiger partial charge in [0.2, 0.25) is 11.8 Å². The number of carbonyl (C=O) groups excluding carboxylic acids is 4. The summed E-state index contributed by atoms with van der Waals surface area (Å²) in [5.41, 5.74) is 11.6. The van der Waals surface area contributed by atoms with E-state index in [0.717, 1.165) is 23.8 Å². The van der Waals surface area contributed by atoms with Crippen molar-refractivity contribution in [1.82, 2.24) is 25.1 Å². The third-order valence-electron chi connectivity index (χ3n) is 9.05. The molecule has 59 heavy (non-hydrogen) atoms. The predicted molar refractivity (Wildman–Crippen MR) is 208 cm³/mol. The lowest BCUT2D eigenvalue weighted by molar-refractivity contribution is -0.192. The number of nitrogens with zero attached hydrogens (tertiary/aromatic N) is 3. The highest BCUT2D eigenvalue weighted by atomic mass is 19.4. The number of rotatable bonds is 19. The summed E-state index contributed by atoms with van der Waals surface area (Å²) < 4.78 is 62.8. The first-order valence-corrected chi connectivity index (χ1v) is 18.9. The number of aromatic nitrogens is 2. The van der Waals surface area contributed by atoms with E-state index in [2.05, 4.69) is 10.6 Å². The van der Waals surface area contributed by atoms with Crippen LogP contribution in [0.1, 0.15) is 84.2 Å². The molecule has 0 aliphatic heterocycles.